The van der Waals surface area contributed by atoms with Crippen molar-refractivity contribution in [3.8, 4) is 11.1 Å². The third-order valence-electron chi connectivity index (χ3n) is 8.45. The molecule has 0 spiro atoms. The highest BCUT2D eigenvalue weighted by atomic mass is 16.4. The van der Waals surface area contributed by atoms with Crippen LogP contribution in [0.3, 0.4) is 0 Å². The van der Waals surface area contributed by atoms with Gasteiger partial charge in [-0.25, -0.2) is 9.59 Å². The molecule has 1 amide bonds. The highest BCUT2D eigenvalue weighted by Crippen LogP contribution is 2.26. The fraction of sp³-hybridized carbons (Fsp3) is 0.500. The number of allylic oxidation sites excluding steroid dienone is 1. The van der Waals surface area contributed by atoms with Crippen LogP contribution in [0.2, 0.25) is 0 Å². The van der Waals surface area contributed by atoms with Gasteiger partial charge in [-0.15, -0.1) is 0 Å². The van der Waals surface area contributed by atoms with Gasteiger partial charge in [-0.2, -0.15) is 0 Å². The third kappa shape index (κ3) is 13.8. The number of hydrogen-bond donors (Lipinski definition) is 5. The number of aliphatic carboxylic acids is 3. The van der Waals surface area contributed by atoms with Crippen molar-refractivity contribution in [1.29, 1.82) is 0 Å². The summed E-state index contributed by atoms with van der Waals surface area (Å²) in [6.45, 7) is 4.13. The predicted octanol–water partition coefficient (Wildman–Crippen LogP) is 6.51. The van der Waals surface area contributed by atoms with Crippen molar-refractivity contribution in [3.05, 3.63) is 71.8 Å². The summed E-state index contributed by atoms with van der Waals surface area (Å²) in [6, 6.07) is 13.6. The minimum atomic E-state index is -3.01. The zero-order chi connectivity index (χ0) is 35.5. The van der Waals surface area contributed by atoms with Gasteiger partial charge < -0.3 is 25.7 Å². The largest absolute Gasteiger partial charge is 0.481 e. The number of unbranched alkanes of at least 4 members (excludes halogenated alkanes) is 8. The Kier molecular flexibility index (Phi) is 17.3. The molecule has 10 nitrogen and oxygen atoms in total. The molecule has 0 unspecified atom stereocenters. The van der Waals surface area contributed by atoms with Gasteiger partial charge >= 0.3 is 17.9 Å². The number of benzene rings is 2. The minimum absolute atomic E-state index is 0.128. The van der Waals surface area contributed by atoms with E-state index in [1.807, 2.05) is 43.3 Å². The fourth-order valence-electron chi connectivity index (χ4n) is 5.51. The van der Waals surface area contributed by atoms with Crippen LogP contribution in [0.4, 0.5) is 0 Å². The smallest absolute Gasteiger partial charge is 0.337 e. The number of aliphatic hydroxyl groups is 1. The van der Waals surface area contributed by atoms with E-state index in [1.54, 1.807) is 12.1 Å². The van der Waals surface area contributed by atoms with E-state index in [0.717, 1.165) is 67.7 Å². The monoisotopic (exact) mass is 665 g/mol. The van der Waals surface area contributed by atoms with Crippen molar-refractivity contribution >= 4 is 29.6 Å². The van der Waals surface area contributed by atoms with Crippen molar-refractivity contribution in [2.24, 2.45) is 5.92 Å². The molecule has 0 saturated heterocycles. The zero-order valence-corrected chi connectivity index (χ0v) is 28.2. The van der Waals surface area contributed by atoms with E-state index >= 15 is 0 Å². The molecule has 0 aliphatic carbocycles. The SMILES string of the molecule is CCCCCCCC(=O)CCCCCCC=C[C@H](C(=O)N[C@@H](Cc1ccc(-c2ccc(C)cc2)cc1)C(=O)O)[C@@](O)(CC(=O)O)C(=O)O. The quantitative estimate of drug-likeness (QED) is 0.0618. The molecule has 10 heteroatoms. The standard InChI is InChI=1S/C38H51NO9/c1-3-4-5-8-11-14-31(40)15-12-9-6-7-10-13-16-32(38(48,37(46)47)26-34(41)42)35(43)39-33(36(44)45)25-28-19-23-30(24-20-28)29-21-17-27(2)18-22-29/h13,16-24,32-33,48H,3-12,14-15,25-26H2,1-2H3,(H,39,43)(H,41,42)(H,44,45)(H,46,47)/t32-,33+,38+/m1/s1. The summed E-state index contributed by atoms with van der Waals surface area (Å²) >= 11 is 0. The molecule has 0 radical (unpaired) electrons. The van der Waals surface area contributed by atoms with Crippen LogP contribution in [0.15, 0.2) is 60.7 Å². The summed E-state index contributed by atoms with van der Waals surface area (Å²) in [5.74, 6) is -7.64. The second-order valence-corrected chi connectivity index (χ2v) is 12.5. The van der Waals surface area contributed by atoms with E-state index in [4.69, 9.17) is 0 Å². The molecule has 2 aromatic carbocycles. The second kappa shape index (κ2) is 20.8. The van der Waals surface area contributed by atoms with E-state index in [0.29, 0.717) is 31.2 Å². The topological polar surface area (TPSA) is 178 Å². The first-order valence-electron chi connectivity index (χ1n) is 16.9. The normalized spacial score (nSPS) is 13.8. The Hall–Kier alpha value is -4.31. The number of amides is 1. The van der Waals surface area contributed by atoms with E-state index in [9.17, 15) is 44.4 Å². The van der Waals surface area contributed by atoms with Crippen LogP contribution < -0.4 is 5.32 Å². The van der Waals surface area contributed by atoms with Gasteiger partial charge in [0, 0.05) is 19.3 Å². The molecule has 2 aromatic rings. The molecule has 3 atom stereocenters. The summed E-state index contributed by atoms with van der Waals surface area (Å²) in [5, 5.41) is 42.2. The highest BCUT2D eigenvalue weighted by Gasteiger charge is 2.49. The Morgan fingerprint density at radius 2 is 1.31 bits per heavy atom. The summed E-state index contributed by atoms with van der Waals surface area (Å²) in [5.41, 5.74) is 0.599. The molecule has 5 N–H and O–H groups in total. The molecule has 262 valence electrons. The molecule has 0 bridgehead atoms. The van der Waals surface area contributed by atoms with Crippen LogP contribution >= 0.6 is 0 Å². The van der Waals surface area contributed by atoms with Crippen molar-refractivity contribution in [2.75, 3.05) is 0 Å². The number of nitrogens with one attached hydrogen (secondary N) is 1. The summed E-state index contributed by atoms with van der Waals surface area (Å²) in [6.07, 6.45) is 11.4. The first-order valence-corrected chi connectivity index (χ1v) is 16.9. The Morgan fingerprint density at radius 1 is 0.771 bits per heavy atom. The Balaban J connectivity index is 2.02. The first-order chi connectivity index (χ1) is 22.9. The van der Waals surface area contributed by atoms with Crippen LogP contribution in [-0.4, -0.2) is 61.7 Å². The van der Waals surface area contributed by atoms with Crippen molar-refractivity contribution < 1.29 is 44.4 Å². The number of aryl methyl sites for hydroxylation is 1. The summed E-state index contributed by atoms with van der Waals surface area (Å²) in [4.78, 5) is 61.2. The maximum absolute atomic E-state index is 13.4. The Bertz CT molecular complexity index is 1370. The lowest BCUT2D eigenvalue weighted by Gasteiger charge is -2.29. The van der Waals surface area contributed by atoms with Gasteiger partial charge in [0.15, 0.2) is 5.60 Å². The van der Waals surface area contributed by atoms with Crippen LogP contribution in [0.1, 0.15) is 102 Å². The molecule has 2 rings (SSSR count). The van der Waals surface area contributed by atoms with E-state index in [1.165, 1.54) is 12.5 Å². The summed E-state index contributed by atoms with van der Waals surface area (Å²) < 4.78 is 0. The van der Waals surface area contributed by atoms with Crippen molar-refractivity contribution in [1.82, 2.24) is 5.32 Å². The molecular formula is C38H51NO9. The maximum Gasteiger partial charge on any atom is 0.337 e. The molecule has 48 heavy (non-hydrogen) atoms. The maximum atomic E-state index is 13.4. The van der Waals surface area contributed by atoms with Crippen LogP contribution in [-0.2, 0) is 30.4 Å². The van der Waals surface area contributed by atoms with Gasteiger partial charge in [0.25, 0.3) is 0 Å². The van der Waals surface area contributed by atoms with Crippen molar-refractivity contribution in [2.45, 2.75) is 115 Å². The number of Topliss-reactive ketones (excluding diaryl/α,β-unsaturated/α-hetero) is 1. The second-order valence-electron chi connectivity index (χ2n) is 12.5. The van der Waals surface area contributed by atoms with Gasteiger partial charge in [0.1, 0.15) is 11.8 Å². The molecule has 0 fully saturated rings. The molecule has 0 aliphatic rings. The molecular weight excluding hydrogens is 614 g/mol. The van der Waals surface area contributed by atoms with Crippen LogP contribution in [0.5, 0.6) is 0 Å². The van der Waals surface area contributed by atoms with Gasteiger partial charge in [-0.3, -0.25) is 14.4 Å². The highest BCUT2D eigenvalue weighted by molar-refractivity contribution is 5.94. The molecule has 0 saturated carbocycles. The van der Waals surface area contributed by atoms with Gasteiger partial charge in [0.2, 0.25) is 5.91 Å². The van der Waals surface area contributed by atoms with Crippen LogP contribution in [0, 0.1) is 12.8 Å². The number of ketones is 1. The number of carboxylic acid groups (broad SMARTS) is 3. The Morgan fingerprint density at radius 3 is 1.83 bits per heavy atom. The number of carbonyl (C=O) groups excluding carboxylic acids is 2. The lowest BCUT2D eigenvalue weighted by molar-refractivity contribution is -0.172. The third-order valence-corrected chi connectivity index (χ3v) is 8.45. The van der Waals surface area contributed by atoms with E-state index in [-0.39, 0.29) is 12.2 Å². The number of hydrogen-bond acceptors (Lipinski definition) is 6. The van der Waals surface area contributed by atoms with Gasteiger partial charge in [-0.1, -0.05) is 112 Å². The predicted molar refractivity (Wildman–Crippen MR) is 183 cm³/mol. The zero-order valence-electron chi connectivity index (χ0n) is 28.2. The van der Waals surface area contributed by atoms with E-state index < -0.39 is 47.8 Å². The number of carbonyl (C=O) groups is 5. The van der Waals surface area contributed by atoms with Crippen molar-refractivity contribution in [3.63, 3.8) is 0 Å². The molecule has 0 aromatic heterocycles. The van der Waals surface area contributed by atoms with Gasteiger partial charge in [0.05, 0.1) is 12.3 Å². The lowest BCUT2D eigenvalue weighted by Crippen LogP contribution is -2.55. The fourth-order valence-corrected chi connectivity index (χ4v) is 5.51. The summed E-state index contributed by atoms with van der Waals surface area (Å²) in [7, 11) is 0. The van der Waals surface area contributed by atoms with Crippen LogP contribution in [0.25, 0.3) is 11.1 Å². The Labute approximate surface area is 283 Å². The first kappa shape index (κ1) is 39.9. The van der Waals surface area contributed by atoms with E-state index in [2.05, 4.69) is 12.2 Å². The number of rotatable bonds is 24. The lowest BCUT2D eigenvalue weighted by atomic mass is 9.82. The average molecular weight is 666 g/mol. The average Bonchev–Trinajstić information content (AvgIpc) is 3.03. The number of carboxylic acids is 3. The molecule has 0 aliphatic heterocycles. The minimum Gasteiger partial charge on any atom is -0.481 e. The van der Waals surface area contributed by atoms with Gasteiger partial charge in [-0.05, 0) is 49.3 Å². The molecule has 0 heterocycles.